The SMILES string of the molecule is CCC(=NC)c1cc(Oc2ccc(NC(=O)c3cc(F)ccc3C(F)(F)F)cc2)ccn1. The van der Waals surface area contributed by atoms with Gasteiger partial charge < -0.3 is 10.1 Å². The molecule has 0 spiro atoms. The summed E-state index contributed by atoms with van der Waals surface area (Å²) in [5.41, 5.74) is -0.282. The molecule has 0 saturated heterocycles. The molecule has 0 aliphatic heterocycles. The minimum Gasteiger partial charge on any atom is -0.457 e. The average molecular weight is 445 g/mol. The second-order valence-corrected chi connectivity index (χ2v) is 6.67. The fraction of sp³-hybridized carbons (Fsp3) is 0.174. The molecule has 32 heavy (non-hydrogen) atoms. The Hall–Kier alpha value is -3.75. The molecule has 1 N–H and O–H groups in total. The van der Waals surface area contributed by atoms with Crippen molar-refractivity contribution in [3.05, 3.63) is 83.4 Å². The number of aliphatic imine (C=N–C) groups is 1. The first kappa shape index (κ1) is 22.9. The number of carbonyl (C=O) groups excluding carboxylic acids is 1. The minimum atomic E-state index is -4.79. The van der Waals surface area contributed by atoms with Crippen LogP contribution in [0, 0.1) is 5.82 Å². The Morgan fingerprint density at radius 1 is 1.06 bits per heavy atom. The zero-order valence-corrected chi connectivity index (χ0v) is 17.2. The fourth-order valence-corrected chi connectivity index (χ4v) is 2.98. The topological polar surface area (TPSA) is 63.6 Å². The van der Waals surface area contributed by atoms with E-state index in [4.69, 9.17) is 4.74 Å². The van der Waals surface area contributed by atoms with Crippen molar-refractivity contribution in [1.82, 2.24) is 4.98 Å². The molecule has 0 radical (unpaired) electrons. The third-order valence-electron chi connectivity index (χ3n) is 4.51. The fourth-order valence-electron chi connectivity index (χ4n) is 2.98. The molecule has 166 valence electrons. The van der Waals surface area contributed by atoms with Crippen molar-refractivity contribution >= 4 is 17.3 Å². The van der Waals surface area contributed by atoms with E-state index < -0.39 is 29.0 Å². The van der Waals surface area contributed by atoms with Crippen LogP contribution in [0.3, 0.4) is 0 Å². The van der Waals surface area contributed by atoms with Gasteiger partial charge >= 0.3 is 6.18 Å². The van der Waals surface area contributed by atoms with Crippen LogP contribution in [0.15, 0.2) is 65.8 Å². The molecule has 2 aromatic carbocycles. The first-order chi connectivity index (χ1) is 15.2. The van der Waals surface area contributed by atoms with Gasteiger partial charge in [0.25, 0.3) is 5.91 Å². The molecule has 0 aliphatic carbocycles. The lowest BCUT2D eigenvalue weighted by molar-refractivity contribution is -0.137. The van der Waals surface area contributed by atoms with E-state index in [1.165, 1.54) is 12.1 Å². The summed E-state index contributed by atoms with van der Waals surface area (Å²) in [7, 11) is 1.68. The highest BCUT2D eigenvalue weighted by Gasteiger charge is 2.35. The maximum absolute atomic E-state index is 13.4. The van der Waals surface area contributed by atoms with Crippen molar-refractivity contribution in [2.24, 2.45) is 4.99 Å². The van der Waals surface area contributed by atoms with Gasteiger partial charge in [0.2, 0.25) is 0 Å². The van der Waals surface area contributed by atoms with E-state index in [1.807, 2.05) is 6.92 Å². The number of alkyl halides is 3. The number of nitrogens with one attached hydrogen (secondary N) is 1. The van der Waals surface area contributed by atoms with Crippen molar-refractivity contribution in [2.45, 2.75) is 19.5 Å². The highest BCUT2D eigenvalue weighted by Crippen LogP contribution is 2.33. The zero-order valence-electron chi connectivity index (χ0n) is 17.2. The van der Waals surface area contributed by atoms with E-state index in [0.717, 1.165) is 5.71 Å². The molecule has 0 fully saturated rings. The Kier molecular flexibility index (Phi) is 6.87. The quantitative estimate of drug-likeness (QED) is 0.368. The van der Waals surface area contributed by atoms with Crippen LogP contribution in [0.25, 0.3) is 0 Å². The van der Waals surface area contributed by atoms with Crippen LogP contribution in [0.2, 0.25) is 0 Å². The van der Waals surface area contributed by atoms with E-state index in [9.17, 15) is 22.4 Å². The van der Waals surface area contributed by atoms with Crippen LogP contribution in [-0.4, -0.2) is 23.7 Å². The van der Waals surface area contributed by atoms with Gasteiger partial charge in [-0.3, -0.25) is 14.8 Å². The van der Waals surface area contributed by atoms with E-state index in [-0.39, 0.29) is 5.69 Å². The summed E-state index contributed by atoms with van der Waals surface area (Å²) < 4.78 is 58.6. The van der Waals surface area contributed by atoms with E-state index in [0.29, 0.717) is 41.8 Å². The zero-order chi connectivity index (χ0) is 23.3. The monoisotopic (exact) mass is 445 g/mol. The van der Waals surface area contributed by atoms with Crippen LogP contribution in [0.5, 0.6) is 11.5 Å². The van der Waals surface area contributed by atoms with Gasteiger partial charge in [0, 0.05) is 25.0 Å². The van der Waals surface area contributed by atoms with Gasteiger partial charge in [-0.05, 0) is 55.0 Å². The highest BCUT2D eigenvalue weighted by atomic mass is 19.4. The van der Waals surface area contributed by atoms with Crippen molar-refractivity contribution in [2.75, 3.05) is 12.4 Å². The molecule has 0 unspecified atom stereocenters. The number of pyridine rings is 1. The van der Waals surface area contributed by atoms with Crippen LogP contribution in [0.1, 0.15) is 35.0 Å². The van der Waals surface area contributed by atoms with Crippen molar-refractivity contribution < 1.29 is 27.1 Å². The number of halogens is 4. The number of carbonyl (C=O) groups is 1. The summed E-state index contributed by atoms with van der Waals surface area (Å²) in [6, 6.07) is 11.2. The Morgan fingerprint density at radius 3 is 2.41 bits per heavy atom. The molecule has 3 rings (SSSR count). The van der Waals surface area contributed by atoms with Gasteiger partial charge in [0.1, 0.15) is 17.3 Å². The van der Waals surface area contributed by atoms with Crippen LogP contribution >= 0.6 is 0 Å². The number of rotatable bonds is 6. The molecule has 1 heterocycles. The predicted molar refractivity (Wildman–Crippen MR) is 113 cm³/mol. The van der Waals surface area contributed by atoms with Crippen LogP contribution < -0.4 is 10.1 Å². The second-order valence-electron chi connectivity index (χ2n) is 6.67. The van der Waals surface area contributed by atoms with Gasteiger partial charge in [-0.15, -0.1) is 0 Å². The van der Waals surface area contributed by atoms with Crippen LogP contribution in [-0.2, 0) is 6.18 Å². The Bertz CT molecular complexity index is 1140. The molecule has 9 heteroatoms. The van der Waals surface area contributed by atoms with Crippen LogP contribution in [0.4, 0.5) is 23.2 Å². The van der Waals surface area contributed by atoms with Crippen molar-refractivity contribution in [1.29, 1.82) is 0 Å². The number of aromatic nitrogens is 1. The smallest absolute Gasteiger partial charge is 0.417 e. The third-order valence-corrected chi connectivity index (χ3v) is 4.51. The lowest BCUT2D eigenvalue weighted by Gasteiger charge is -2.13. The third kappa shape index (κ3) is 5.48. The van der Waals surface area contributed by atoms with Gasteiger partial charge in [-0.2, -0.15) is 13.2 Å². The summed E-state index contributed by atoms with van der Waals surface area (Å²) in [4.78, 5) is 20.8. The molecular formula is C23H19F4N3O2. The molecule has 0 saturated carbocycles. The van der Waals surface area contributed by atoms with Crippen molar-refractivity contribution in [3.8, 4) is 11.5 Å². The Balaban J connectivity index is 1.74. The number of amides is 1. The van der Waals surface area contributed by atoms with Gasteiger partial charge in [-0.25, -0.2) is 4.39 Å². The number of benzene rings is 2. The lowest BCUT2D eigenvalue weighted by Crippen LogP contribution is -2.19. The van der Waals surface area contributed by atoms with E-state index in [1.54, 1.807) is 37.5 Å². The first-order valence-corrected chi connectivity index (χ1v) is 9.59. The molecule has 3 aromatic rings. The summed E-state index contributed by atoms with van der Waals surface area (Å²) in [6.45, 7) is 1.96. The lowest BCUT2D eigenvalue weighted by atomic mass is 10.1. The second kappa shape index (κ2) is 9.59. The number of nitrogens with zero attached hydrogens (tertiary/aromatic N) is 2. The Labute approximate surface area is 181 Å². The maximum Gasteiger partial charge on any atom is 0.417 e. The number of anilines is 1. The summed E-state index contributed by atoms with van der Waals surface area (Å²) in [6.07, 6.45) is -2.48. The van der Waals surface area contributed by atoms with E-state index >= 15 is 0 Å². The molecular weight excluding hydrogens is 426 g/mol. The molecule has 0 bridgehead atoms. The average Bonchev–Trinajstić information content (AvgIpc) is 2.75. The number of hydrogen-bond donors (Lipinski definition) is 1. The largest absolute Gasteiger partial charge is 0.457 e. The van der Waals surface area contributed by atoms with Gasteiger partial charge in [0.05, 0.1) is 22.5 Å². The van der Waals surface area contributed by atoms with Gasteiger partial charge in [-0.1, -0.05) is 6.92 Å². The standard InChI is InChI=1S/C23H19F4N3O2/c1-3-20(28-2)21-13-17(10-11-29-21)32-16-7-5-15(6-8-16)30-22(31)18-12-14(24)4-9-19(18)23(25,26)27/h4-13H,3H2,1-2H3,(H,30,31). The van der Waals surface area contributed by atoms with Gasteiger partial charge in [0.15, 0.2) is 0 Å². The molecule has 5 nitrogen and oxygen atoms in total. The predicted octanol–water partition coefficient (Wildman–Crippen LogP) is 6.11. The highest BCUT2D eigenvalue weighted by molar-refractivity contribution is 6.05. The van der Waals surface area contributed by atoms with E-state index in [2.05, 4.69) is 15.3 Å². The molecule has 0 aliphatic rings. The number of hydrogen-bond acceptors (Lipinski definition) is 4. The summed E-state index contributed by atoms with van der Waals surface area (Å²) in [5, 5.41) is 2.34. The molecule has 1 aromatic heterocycles. The van der Waals surface area contributed by atoms with Crippen molar-refractivity contribution in [3.63, 3.8) is 0 Å². The first-order valence-electron chi connectivity index (χ1n) is 9.59. The molecule has 0 atom stereocenters. The number of ether oxygens (including phenoxy) is 1. The molecule has 1 amide bonds. The minimum absolute atomic E-state index is 0.224. The Morgan fingerprint density at radius 2 is 1.78 bits per heavy atom. The summed E-state index contributed by atoms with van der Waals surface area (Å²) in [5.74, 6) is -1.05. The summed E-state index contributed by atoms with van der Waals surface area (Å²) >= 11 is 0. The maximum atomic E-state index is 13.4. The normalized spacial score (nSPS) is 11.9.